The van der Waals surface area contributed by atoms with Crippen molar-refractivity contribution in [2.75, 3.05) is 26.7 Å². The van der Waals surface area contributed by atoms with Crippen molar-refractivity contribution >= 4 is 11.9 Å². The highest BCUT2D eigenvalue weighted by Gasteiger charge is 2.70. The van der Waals surface area contributed by atoms with Gasteiger partial charge in [0.2, 0.25) is 5.91 Å². The van der Waals surface area contributed by atoms with Gasteiger partial charge in [0.15, 0.2) is 11.5 Å². The Morgan fingerprint density at radius 1 is 1.29 bits per heavy atom. The molecule has 1 aromatic rings. The maximum absolute atomic E-state index is 12.4. The quantitative estimate of drug-likeness (QED) is 0.520. The van der Waals surface area contributed by atoms with Gasteiger partial charge in [-0.15, -0.1) is 0 Å². The van der Waals surface area contributed by atoms with Crippen molar-refractivity contribution in [2.24, 2.45) is 17.3 Å². The normalized spacial score (nSPS) is 36.9. The number of amides is 1. The lowest BCUT2D eigenvalue weighted by Gasteiger charge is -2.63. The van der Waals surface area contributed by atoms with Gasteiger partial charge in [0.05, 0.1) is 6.42 Å². The van der Waals surface area contributed by atoms with E-state index in [-0.39, 0.29) is 47.5 Å². The van der Waals surface area contributed by atoms with E-state index < -0.39 is 5.97 Å². The maximum Gasteiger partial charge on any atom is 0.303 e. The number of ether oxygens (including phenoxy) is 2. The van der Waals surface area contributed by atoms with Gasteiger partial charge in [0.1, 0.15) is 12.2 Å². The summed E-state index contributed by atoms with van der Waals surface area (Å²) in [5.74, 6) is 0.749. The number of hydrogen-bond acceptors (Lipinski definition) is 6. The molecule has 2 aliphatic heterocycles. The molecule has 8 heteroatoms. The van der Waals surface area contributed by atoms with Crippen molar-refractivity contribution in [1.82, 2.24) is 10.2 Å². The van der Waals surface area contributed by atoms with E-state index in [1.165, 1.54) is 24.0 Å². The minimum Gasteiger partial charge on any atom is -0.504 e. The molecule has 35 heavy (non-hydrogen) atoms. The Morgan fingerprint density at radius 3 is 2.80 bits per heavy atom. The van der Waals surface area contributed by atoms with E-state index >= 15 is 0 Å². The Kier molecular flexibility index (Phi) is 5.35. The summed E-state index contributed by atoms with van der Waals surface area (Å²) >= 11 is 0. The van der Waals surface area contributed by atoms with Gasteiger partial charge in [-0.25, -0.2) is 0 Å². The highest BCUT2D eigenvalue weighted by Crippen LogP contribution is 2.66. The van der Waals surface area contributed by atoms with Gasteiger partial charge in [0, 0.05) is 49.1 Å². The number of nitrogens with zero attached hydrogens (tertiary/aromatic N) is 1. The first-order chi connectivity index (χ1) is 16.8. The number of phenolic OH excluding ortho intramolecular Hbond substituents is 1. The van der Waals surface area contributed by atoms with Crippen LogP contribution in [0, 0.1) is 17.3 Å². The predicted octanol–water partition coefficient (Wildman–Crippen LogP) is 2.45. The number of aromatic hydroxyl groups is 1. The van der Waals surface area contributed by atoms with Crippen molar-refractivity contribution in [1.29, 1.82) is 0 Å². The molecule has 1 saturated heterocycles. The molecule has 6 rings (SSSR count). The van der Waals surface area contributed by atoms with Crippen molar-refractivity contribution in [3.05, 3.63) is 23.3 Å². The molecule has 3 aliphatic carbocycles. The lowest BCUT2D eigenvalue weighted by Crippen LogP contribution is -2.71. The van der Waals surface area contributed by atoms with Crippen molar-refractivity contribution in [3.8, 4) is 11.5 Å². The topological polar surface area (TPSA) is 108 Å². The van der Waals surface area contributed by atoms with E-state index in [0.29, 0.717) is 24.3 Å². The van der Waals surface area contributed by atoms with Gasteiger partial charge in [-0.3, -0.25) is 14.5 Å². The van der Waals surface area contributed by atoms with E-state index in [0.717, 1.165) is 38.3 Å². The Bertz CT molecular complexity index is 1060. The van der Waals surface area contributed by atoms with E-state index in [9.17, 15) is 14.7 Å². The van der Waals surface area contributed by atoms with E-state index in [1.54, 1.807) is 13.2 Å². The first-order valence-electron chi connectivity index (χ1n) is 13.0. The zero-order chi connectivity index (χ0) is 24.5. The molecule has 5 aliphatic rings. The van der Waals surface area contributed by atoms with Crippen LogP contribution in [0.15, 0.2) is 12.1 Å². The SMILES string of the molecule is COC1[C@@H]2Oc3c(O)ccc4c3[C@@]23CCN(CC2CC2)[C@H](C4)C3C[C@@]1(C)CNC(=O)CCC(=O)O. The average Bonchev–Trinajstić information content (AvgIpc) is 3.57. The van der Waals surface area contributed by atoms with Crippen molar-refractivity contribution < 1.29 is 29.3 Å². The molecular weight excluding hydrogens is 448 g/mol. The van der Waals surface area contributed by atoms with E-state index in [1.807, 2.05) is 0 Å². The largest absolute Gasteiger partial charge is 0.504 e. The maximum atomic E-state index is 12.4. The van der Waals surface area contributed by atoms with Gasteiger partial charge in [-0.05, 0) is 62.1 Å². The first-order valence-corrected chi connectivity index (χ1v) is 13.0. The standard InChI is InChI=1S/C27H36N2O6/c1-26(14-28-20(31)7-8-21(32)33)12-17-18-11-16-5-6-19(30)23-22(16)27(17,25(35-23)24(26)34-2)9-10-29(18)13-15-3-4-15/h5-6,15,17-18,24-25,30H,3-4,7-14H2,1-2H3,(H,28,31)(H,32,33)/t17?,18-,24?,25+,26+,27+/m1/s1. The highest BCUT2D eigenvalue weighted by atomic mass is 16.5. The second-order valence-electron chi connectivity index (χ2n) is 11.8. The second-order valence-corrected chi connectivity index (χ2v) is 11.8. The summed E-state index contributed by atoms with van der Waals surface area (Å²) in [5.41, 5.74) is 1.91. The minimum absolute atomic E-state index is 0.0309. The molecule has 2 bridgehead atoms. The molecule has 6 atom stereocenters. The summed E-state index contributed by atoms with van der Waals surface area (Å²) in [6.07, 6.45) is 4.75. The number of nitrogens with one attached hydrogen (secondary N) is 1. The minimum atomic E-state index is -0.973. The molecule has 1 aromatic carbocycles. The van der Waals surface area contributed by atoms with Gasteiger partial charge >= 0.3 is 5.97 Å². The van der Waals surface area contributed by atoms with Crippen LogP contribution in [0.3, 0.4) is 0 Å². The number of aliphatic carboxylic acids is 1. The highest BCUT2D eigenvalue weighted by molar-refractivity contribution is 5.80. The molecule has 0 radical (unpaired) electrons. The third kappa shape index (κ3) is 3.47. The zero-order valence-corrected chi connectivity index (χ0v) is 20.6. The molecule has 8 nitrogen and oxygen atoms in total. The molecular formula is C27H36N2O6. The van der Waals surface area contributed by atoms with Crippen LogP contribution in [0.4, 0.5) is 0 Å². The second kappa shape index (κ2) is 8.10. The lowest BCUT2D eigenvalue weighted by atomic mass is 9.47. The van der Waals surface area contributed by atoms with Crippen LogP contribution in [0.1, 0.15) is 56.6 Å². The Hall–Kier alpha value is -2.32. The molecule has 0 aromatic heterocycles. The zero-order valence-electron chi connectivity index (χ0n) is 20.6. The summed E-state index contributed by atoms with van der Waals surface area (Å²) in [7, 11) is 1.71. The Labute approximate surface area is 206 Å². The molecule has 190 valence electrons. The Balaban J connectivity index is 1.36. The van der Waals surface area contributed by atoms with Crippen LogP contribution in [0.25, 0.3) is 0 Å². The van der Waals surface area contributed by atoms with Crippen molar-refractivity contribution in [3.63, 3.8) is 0 Å². The number of carbonyl (C=O) groups excluding carboxylic acids is 1. The van der Waals surface area contributed by atoms with Crippen LogP contribution >= 0.6 is 0 Å². The fourth-order valence-corrected chi connectivity index (χ4v) is 7.91. The summed E-state index contributed by atoms with van der Waals surface area (Å²) in [4.78, 5) is 26.0. The number of likely N-dealkylation sites (tertiary alicyclic amines) is 1. The van der Waals surface area contributed by atoms with Gasteiger partial charge in [-0.2, -0.15) is 0 Å². The average molecular weight is 485 g/mol. The van der Waals surface area contributed by atoms with Gasteiger partial charge < -0.3 is 25.0 Å². The molecule has 1 spiro atoms. The molecule has 2 saturated carbocycles. The number of hydrogen-bond donors (Lipinski definition) is 3. The van der Waals surface area contributed by atoms with E-state index in [2.05, 4.69) is 23.2 Å². The summed E-state index contributed by atoms with van der Waals surface area (Å²) < 4.78 is 12.8. The molecule has 1 amide bonds. The van der Waals surface area contributed by atoms with Crippen molar-refractivity contribution in [2.45, 2.75) is 75.5 Å². The number of rotatable bonds is 8. The first kappa shape index (κ1) is 23.1. The number of piperidine rings is 1. The lowest BCUT2D eigenvalue weighted by molar-refractivity contribution is -0.172. The fraction of sp³-hybridized carbons (Fsp3) is 0.704. The van der Waals surface area contributed by atoms with Gasteiger partial charge in [-0.1, -0.05) is 13.0 Å². The summed E-state index contributed by atoms with van der Waals surface area (Å²) in [5, 5.41) is 22.7. The molecule has 3 N–H and O–H groups in total. The third-order valence-corrected chi connectivity index (χ3v) is 9.63. The number of carboxylic acids is 1. The number of benzene rings is 1. The third-order valence-electron chi connectivity index (χ3n) is 9.63. The monoisotopic (exact) mass is 484 g/mol. The van der Waals surface area contributed by atoms with Gasteiger partial charge in [0.25, 0.3) is 0 Å². The predicted molar refractivity (Wildman–Crippen MR) is 127 cm³/mol. The smallest absolute Gasteiger partial charge is 0.303 e. The number of carbonyl (C=O) groups is 2. The van der Waals surface area contributed by atoms with Crippen LogP contribution in [0.5, 0.6) is 11.5 Å². The van der Waals surface area contributed by atoms with Crippen LogP contribution in [-0.4, -0.2) is 72.0 Å². The molecule has 3 fully saturated rings. The molecule has 2 unspecified atom stereocenters. The fourth-order valence-electron chi connectivity index (χ4n) is 7.91. The summed E-state index contributed by atoms with van der Waals surface area (Å²) in [6.45, 7) is 4.75. The van der Waals surface area contributed by atoms with E-state index in [4.69, 9.17) is 14.6 Å². The molecule has 2 heterocycles. The van der Waals surface area contributed by atoms with Crippen LogP contribution in [-0.2, 0) is 26.2 Å². The number of methoxy groups -OCH3 is 1. The Morgan fingerprint density at radius 2 is 2.09 bits per heavy atom. The van der Waals surface area contributed by atoms with Crippen LogP contribution < -0.4 is 10.1 Å². The van der Waals surface area contributed by atoms with Crippen LogP contribution in [0.2, 0.25) is 0 Å². The summed E-state index contributed by atoms with van der Waals surface area (Å²) in [6, 6.07) is 4.26. The number of phenols is 1. The number of carboxylic acid groups (broad SMARTS) is 1.